The smallest absolute Gasteiger partial charge is 0.254 e. The highest BCUT2D eigenvalue weighted by Gasteiger charge is 2.42. The van der Waals surface area contributed by atoms with Crippen molar-refractivity contribution in [2.45, 2.75) is 55.9 Å². The van der Waals surface area contributed by atoms with Crippen LogP contribution in [-0.2, 0) is 14.8 Å². The van der Waals surface area contributed by atoms with Crippen molar-refractivity contribution >= 4 is 15.9 Å². The molecule has 1 aromatic carbocycles. The van der Waals surface area contributed by atoms with Gasteiger partial charge < -0.3 is 9.64 Å². The summed E-state index contributed by atoms with van der Waals surface area (Å²) >= 11 is 0. The molecule has 0 radical (unpaired) electrons. The molecule has 0 aromatic heterocycles. The number of sulfonamides is 1. The Morgan fingerprint density at radius 2 is 1.90 bits per heavy atom. The Labute approximate surface area is 179 Å². The molecule has 2 bridgehead atoms. The third-order valence-electron chi connectivity index (χ3n) is 7.79. The molecule has 4 unspecified atom stereocenters. The number of rotatable bonds is 5. The lowest BCUT2D eigenvalue weighted by Crippen LogP contribution is -2.40. The molecule has 6 nitrogen and oxygen atoms in total. The maximum absolute atomic E-state index is 13.3. The van der Waals surface area contributed by atoms with Gasteiger partial charge in [0, 0.05) is 31.2 Å². The van der Waals surface area contributed by atoms with Gasteiger partial charge in [-0.2, -0.15) is 4.31 Å². The van der Waals surface area contributed by atoms with Crippen LogP contribution in [-0.4, -0.2) is 62.4 Å². The van der Waals surface area contributed by atoms with E-state index in [4.69, 9.17) is 4.74 Å². The van der Waals surface area contributed by atoms with Crippen LogP contribution in [0, 0.1) is 17.8 Å². The minimum Gasteiger partial charge on any atom is -0.379 e. The van der Waals surface area contributed by atoms with Crippen molar-refractivity contribution in [1.29, 1.82) is 0 Å². The summed E-state index contributed by atoms with van der Waals surface area (Å²) in [7, 11) is -3.60. The number of hydrogen-bond donors (Lipinski definition) is 0. The lowest BCUT2D eigenvalue weighted by atomic mass is 9.83. The van der Waals surface area contributed by atoms with Gasteiger partial charge >= 0.3 is 0 Å². The summed E-state index contributed by atoms with van der Waals surface area (Å²) in [5.74, 6) is 2.55. The van der Waals surface area contributed by atoms with Crippen LogP contribution in [0.25, 0.3) is 0 Å². The second kappa shape index (κ2) is 8.24. The molecule has 2 saturated carbocycles. The molecule has 1 amide bonds. The molecule has 2 aliphatic heterocycles. The number of hydrogen-bond acceptors (Lipinski definition) is 4. The first-order chi connectivity index (χ1) is 14.5. The van der Waals surface area contributed by atoms with Crippen LogP contribution >= 0.6 is 0 Å². The van der Waals surface area contributed by atoms with Gasteiger partial charge in [-0.1, -0.05) is 12.5 Å². The molecule has 0 spiro atoms. The lowest BCUT2D eigenvalue weighted by molar-refractivity contribution is 0.0706. The fourth-order valence-corrected chi connectivity index (χ4v) is 7.71. The minimum absolute atomic E-state index is 0.0142. The van der Waals surface area contributed by atoms with Crippen molar-refractivity contribution < 1.29 is 17.9 Å². The summed E-state index contributed by atoms with van der Waals surface area (Å²) in [6.45, 7) is 2.33. The number of carbonyl (C=O) groups is 1. The van der Waals surface area contributed by atoms with Crippen molar-refractivity contribution in [2.24, 2.45) is 17.8 Å². The van der Waals surface area contributed by atoms with Gasteiger partial charge in [0.25, 0.3) is 5.91 Å². The fraction of sp³-hybridized carbons (Fsp3) is 0.696. The molecular formula is C23H32N2O4S. The second-order valence-electron chi connectivity index (χ2n) is 9.51. The van der Waals surface area contributed by atoms with Gasteiger partial charge in [0.15, 0.2) is 0 Å². The zero-order chi connectivity index (χ0) is 20.7. The van der Waals surface area contributed by atoms with Gasteiger partial charge in [-0.05, 0) is 74.5 Å². The SMILES string of the molecule is O=C(c1cccc(S(=O)(=O)N2CCOCC2)c1)N1CCCC1CC1CC2CCC1C2. The summed E-state index contributed by atoms with van der Waals surface area (Å²) < 4.78 is 32.7. The third kappa shape index (κ3) is 3.80. The quantitative estimate of drug-likeness (QED) is 0.717. The summed E-state index contributed by atoms with van der Waals surface area (Å²) in [6.07, 6.45) is 8.76. The van der Waals surface area contributed by atoms with Crippen LogP contribution in [0.15, 0.2) is 29.2 Å². The van der Waals surface area contributed by atoms with E-state index >= 15 is 0 Å². The number of benzene rings is 1. The van der Waals surface area contributed by atoms with Crippen LogP contribution < -0.4 is 0 Å². The topological polar surface area (TPSA) is 66.9 Å². The van der Waals surface area contributed by atoms with Crippen molar-refractivity contribution in [3.63, 3.8) is 0 Å². The Kier molecular flexibility index (Phi) is 5.62. The molecule has 2 saturated heterocycles. The normalized spacial score (nSPS) is 32.1. The van der Waals surface area contributed by atoms with E-state index in [1.165, 1.54) is 30.0 Å². The molecule has 4 fully saturated rings. The first-order valence-corrected chi connectivity index (χ1v) is 13.0. The predicted molar refractivity (Wildman–Crippen MR) is 114 cm³/mol. The molecule has 2 aliphatic carbocycles. The van der Waals surface area contributed by atoms with E-state index in [0.717, 1.165) is 43.6 Å². The van der Waals surface area contributed by atoms with Gasteiger partial charge in [-0.15, -0.1) is 0 Å². The highest BCUT2D eigenvalue weighted by molar-refractivity contribution is 7.89. The molecule has 4 atom stereocenters. The summed E-state index contributed by atoms with van der Waals surface area (Å²) in [6, 6.07) is 6.93. The van der Waals surface area contributed by atoms with Crippen molar-refractivity contribution in [1.82, 2.24) is 9.21 Å². The average molecular weight is 433 g/mol. The second-order valence-corrected chi connectivity index (χ2v) is 11.4. The van der Waals surface area contributed by atoms with Crippen molar-refractivity contribution in [2.75, 3.05) is 32.8 Å². The fourth-order valence-electron chi connectivity index (χ4n) is 6.25. The monoisotopic (exact) mass is 432 g/mol. The van der Waals surface area contributed by atoms with E-state index in [1.54, 1.807) is 24.3 Å². The van der Waals surface area contributed by atoms with Crippen molar-refractivity contribution in [3.05, 3.63) is 29.8 Å². The van der Waals surface area contributed by atoms with Gasteiger partial charge in [-0.25, -0.2) is 8.42 Å². The summed E-state index contributed by atoms with van der Waals surface area (Å²) in [5, 5.41) is 0. The van der Waals surface area contributed by atoms with Crippen LogP contribution in [0.1, 0.15) is 55.3 Å². The number of nitrogens with zero attached hydrogens (tertiary/aromatic N) is 2. The maximum atomic E-state index is 13.3. The Morgan fingerprint density at radius 3 is 2.63 bits per heavy atom. The maximum Gasteiger partial charge on any atom is 0.254 e. The molecule has 0 N–H and O–H groups in total. The van der Waals surface area contributed by atoms with E-state index < -0.39 is 10.0 Å². The third-order valence-corrected chi connectivity index (χ3v) is 9.68. The largest absolute Gasteiger partial charge is 0.379 e. The van der Waals surface area contributed by atoms with E-state index in [9.17, 15) is 13.2 Å². The number of ether oxygens (including phenoxy) is 1. The molecule has 1 aromatic rings. The van der Waals surface area contributed by atoms with Gasteiger partial charge in [0.1, 0.15) is 0 Å². The number of fused-ring (bicyclic) bond motifs is 2. The molecule has 2 heterocycles. The van der Waals surface area contributed by atoms with Crippen LogP contribution in [0.5, 0.6) is 0 Å². The minimum atomic E-state index is -3.60. The van der Waals surface area contributed by atoms with E-state index in [0.29, 0.717) is 37.9 Å². The highest BCUT2D eigenvalue weighted by Crippen LogP contribution is 2.50. The Morgan fingerprint density at radius 1 is 1.07 bits per heavy atom. The van der Waals surface area contributed by atoms with Gasteiger partial charge in [0.05, 0.1) is 18.1 Å². The van der Waals surface area contributed by atoms with Crippen LogP contribution in [0.3, 0.4) is 0 Å². The molecular weight excluding hydrogens is 400 g/mol. The first kappa shape index (κ1) is 20.5. The van der Waals surface area contributed by atoms with Crippen LogP contribution in [0.2, 0.25) is 0 Å². The zero-order valence-corrected chi connectivity index (χ0v) is 18.4. The number of morpholine rings is 1. The number of amides is 1. The predicted octanol–water partition coefficient (Wildman–Crippen LogP) is 3.14. The molecule has 30 heavy (non-hydrogen) atoms. The molecule has 7 heteroatoms. The highest BCUT2D eigenvalue weighted by atomic mass is 32.2. The number of carbonyl (C=O) groups excluding carboxylic acids is 1. The Hall–Kier alpha value is -1.44. The molecule has 164 valence electrons. The van der Waals surface area contributed by atoms with E-state index in [2.05, 4.69) is 0 Å². The summed E-state index contributed by atoms with van der Waals surface area (Å²) in [4.78, 5) is 15.6. The van der Waals surface area contributed by atoms with Gasteiger partial charge in [-0.3, -0.25) is 4.79 Å². The number of likely N-dealkylation sites (tertiary alicyclic amines) is 1. The van der Waals surface area contributed by atoms with Crippen LogP contribution in [0.4, 0.5) is 0 Å². The Balaban J connectivity index is 1.31. The lowest BCUT2D eigenvalue weighted by Gasteiger charge is -2.30. The molecule has 5 rings (SSSR count). The average Bonchev–Trinajstić information content (AvgIpc) is 3.52. The van der Waals surface area contributed by atoms with E-state index in [1.807, 2.05) is 4.90 Å². The van der Waals surface area contributed by atoms with Crippen molar-refractivity contribution in [3.8, 4) is 0 Å². The van der Waals surface area contributed by atoms with E-state index in [-0.39, 0.29) is 10.8 Å². The Bertz CT molecular complexity index is 896. The first-order valence-electron chi connectivity index (χ1n) is 11.5. The summed E-state index contributed by atoms with van der Waals surface area (Å²) in [5.41, 5.74) is 0.490. The molecule has 4 aliphatic rings. The zero-order valence-electron chi connectivity index (χ0n) is 17.5. The van der Waals surface area contributed by atoms with Gasteiger partial charge in [0.2, 0.25) is 10.0 Å². The standard InChI is InChI=1S/C23H32N2O4S/c26-23(25-8-2-4-21(25)15-20-14-17-6-7-18(20)13-17)19-3-1-5-22(16-19)30(27,28)24-9-11-29-12-10-24/h1,3,5,16-18,20-21H,2,4,6-15H2.